The van der Waals surface area contributed by atoms with Crippen LogP contribution in [0.3, 0.4) is 0 Å². The number of rotatable bonds is 16. The first-order valence-corrected chi connectivity index (χ1v) is 19.2. The van der Waals surface area contributed by atoms with Gasteiger partial charge in [-0.1, -0.05) is 78.4 Å². The summed E-state index contributed by atoms with van der Waals surface area (Å²) in [5.41, 5.74) is -0.320. The normalized spacial score (nSPS) is 13.9. The molecule has 0 aliphatic carbocycles. The summed E-state index contributed by atoms with van der Waals surface area (Å²) >= 11 is 10.1. The number of hydrogen-bond donors (Lipinski definition) is 0. The minimum atomic E-state index is -3.27. The van der Waals surface area contributed by atoms with Gasteiger partial charge in [-0.2, -0.15) is 13.6 Å². The third kappa shape index (κ3) is 23.7. The van der Waals surface area contributed by atoms with E-state index in [0.29, 0.717) is 46.2 Å². The van der Waals surface area contributed by atoms with Gasteiger partial charge in [-0.15, -0.1) is 0 Å². The minimum absolute atomic E-state index is 0.107. The summed E-state index contributed by atoms with van der Waals surface area (Å²) in [6.45, 7) is 22.3. The molecule has 0 aromatic rings. The van der Waals surface area contributed by atoms with E-state index in [1.807, 2.05) is 13.8 Å². The molecule has 0 aliphatic rings. The van der Waals surface area contributed by atoms with Crippen LogP contribution in [0.25, 0.3) is 0 Å². The van der Waals surface area contributed by atoms with Gasteiger partial charge in [0.2, 0.25) is 0 Å². The lowest BCUT2D eigenvalue weighted by atomic mass is 9.99. The Balaban J connectivity index is 0. The van der Waals surface area contributed by atoms with Crippen molar-refractivity contribution in [3.63, 3.8) is 0 Å². The molecule has 0 aromatic heterocycles. The Labute approximate surface area is 238 Å². The van der Waals surface area contributed by atoms with Gasteiger partial charge in [-0.3, -0.25) is 0 Å². The van der Waals surface area contributed by atoms with Gasteiger partial charge in [0.05, 0.1) is 26.4 Å². The van der Waals surface area contributed by atoms with E-state index in [2.05, 4.69) is 83.2 Å². The van der Waals surface area contributed by atoms with E-state index in [0.717, 1.165) is 0 Å². The van der Waals surface area contributed by atoms with Crippen LogP contribution < -0.4 is 4.89 Å². The second-order valence-electron chi connectivity index (χ2n) is 11.6. The topological polar surface area (TPSA) is 96.9 Å². The van der Waals surface area contributed by atoms with Crippen molar-refractivity contribution in [1.29, 1.82) is 0 Å². The molecule has 37 heavy (non-hydrogen) atoms. The molecule has 0 N–H and O–H groups in total. The van der Waals surface area contributed by atoms with Crippen LogP contribution in [0.2, 0.25) is 0 Å². The molecule has 0 spiro atoms. The lowest BCUT2D eigenvalue weighted by Gasteiger charge is -2.30. The van der Waals surface area contributed by atoms with Gasteiger partial charge in [0.15, 0.2) is 0 Å². The maximum Gasteiger partial charge on any atom is 0.583 e. The van der Waals surface area contributed by atoms with Gasteiger partial charge < -0.3 is 23.0 Å². The molecule has 0 fully saturated rings. The molecule has 0 radical (unpaired) electrons. The van der Waals surface area contributed by atoms with E-state index in [9.17, 15) is 4.89 Å². The lowest BCUT2D eigenvalue weighted by molar-refractivity contribution is -0.205. The van der Waals surface area contributed by atoms with E-state index >= 15 is 0 Å². The Bertz CT molecular complexity index is 639. The fraction of sp³-hybridized carbons (Fsp3) is 1.00. The second kappa shape index (κ2) is 18.0. The van der Waals surface area contributed by atoms with Crippen LogP contribution in [-0.2, 0) is 59.6 Å². The Kier molecular flexibility index (Phi) is 19.7. The molecule has 0 aromatic carbocycles. The predicted octanol–water partition coefficient (Wildman–Crippen LogP) is 7.81. The van der Waals surface area contributed by atoms with Crippen molar-refractivity contribution >= 4 is 45.2 Å². The highest BCUT2D eigenvalue weighted by Gasteiger charge is 2.57. The summed E-state index contributed by atoms with van der Waals surface area (Å²) in [4.78, 5) is 10.8. The van der Waals surface area contributed by atoms with Crippen molar-refractivity contribution < 1.29 is 40.9 Å². The molecule has 0 unspecified atom stereocenters. The smallest absolute Gasteiger partial charge is 0.583 e. The average Bonchev–Trinajstić information content (AvgIpc) is 2.68. The third-order valence-corrected chi connectivity index (χ3v) is 10.4. The quantitative estimate of drug-likeness (QED) is 0.156. The third-order valence-electron chi connectivity index (χ3n) is 3.32. The van der Waals surface area contributed by atoms with Gasteiger partial charge in [-0.05, 0) is 55.7 Å². The van der Waals surface area contributed by atoms with Crippen molar-refractivity contribution in [3.05, 3.63) is 0 Å². The van der Waals surface area contributed by atoms with Gasteiger partial charge >= 0.3 is 14.9 Å². The van der Waals surface area contributed by atoms with E-state index < -0.39 is 21.6 Å². The van der Waals surface area contributed by atoms with Crippen molar-refractivity contribution in [2.45, 2.75) is 90.0 Å². The van der Waals surface area contributed by atoms with Crippen LogP contribution in [0.5, 0.6) is 0 Å². The van der Waals surface area contributed by atoms with Gasteiger partial charge in [0.25, 0.3) is 0 Å². The van der Waals surface area contributed by atoms with E-state index in [-0.39, 0.29) is 16.2 Å². The van der Waals surface area contributed by atoms with Crippen molar-refractivity contribution in [3.8, 4) is 0 Å². The molecule has 0 rings (SSSR count). The summed E-state index contributed by atoms with van der Waals surface area (Å²) in [7, 11) is -3.27. The molecule has 0 heterocycles. The molecule has 0 amide bonds. The minimum Gasteiger partial charge on any atom is -0.780 e. The van der Waals surface area contributed by atoms with Crippen LogP contribution in [0, 0.1) is 16.2 Å². The summed E-state index contributed by atoms with van der Waals surface area (Å²) in [6.07, 6.45) is 0. The number of hydrogen-bond acceptors (Lipinski definition) is 11. The first-order valence-electron chi connectivity index (χ1n) is 12.6. The summed E-state index contributed by atoms with van der Waals surface area (Å²) < 4.78 is 45.5. The lowest BCUT2D eigenvalue weighted by Crippen LogP contribution is -2.25. The molecule has 9 nitrogen and oxygen atoms in total. The molecule has 0 bridgehead atoms. The van der Waals surface area contributed by atoms with Gasteiger partial charge in [0.1, 0.15) is 26.5 Å². The van der Waals surface area contributed by atoms with Gasteiger partial charge in [0, 0.05) is 0 Å². The van der Waals surface area contributed by atoms with Crippen molar-refractivity contribution in [1.82, 2.24) is 0 Å². The zero-order valence-corrected chi connectivity index (χ0v) is 29.6. The van der Waals surface area contributed by atoms with Crippen molar-refractivity contribution in [2.24, 2.45) is 16.2 Å². The van der Waals surface area contributed by atoms with E-state index in [1.165, 1.54) is 0 Å². The van der Waals surface area contributed by atoms with Crippen LogP contribution in [0.15, 0.2) is 0 Å². The summed E-state index contributed by atoms with van der Waals surface area (Å²) in [6, 6.07) is 0. The summed E-state index contributed by atoms with van der Waals surface area (Å²) in [5, 5.41) is 0. The molecular formula is C23H53O9P3S2. The Morgan fingerprint density at radius 2 is 0.838 bits per heavy atom. The second-order valence-corrected chi connectivity index (χ2v) is 19.4. The van der Waals surface area contributed by atoms with E-state index in [4.69, 9.17) is 38.7 Å². The Morgan fingerprint density at radius 1 is 0.568 bits per heavy atom. The SMILES string of the molecule is CCOP(=S)(OCC)O[P+](OCC(C)(C)C)(OCC(C)(C)C)OCC(C)(C)C.CCOP([O-])(=S)OCC. The predicted molar refractivity (Wildman–Crippen MR) is 159 cm³/mol. The highest BCUT2D eigenvalue weighted by atomic mass is 32.5. The van der Waals surface area contributed by atoms with Crippen molar-refractivity contribution in [2.75, 3.05) is 46.2 Å². The van der Waals surface area contributed by atoms with Crippen LogP contribution >= 0.6 is 21.6 Å². The molecular weight excluding hydrogens is 577 g/mol. The molecule has 226 valence electrons. The zero-order chi connectivity index (χ0) is 29.6. The fourth-order valence-electron chi connectivity index (χ4n) is 1.88. The standard InChI is InChI=1S/C19H43O6P2S.C4H11O3PS/c1-12-20-27(28,21-13-2)25-26(22-14-17(3,4)5,23-15-18(6,7)8)24-16-19(9,10)11;1-3-6-8(5,9)7-4-2/h12-16H2,1-11H3;3-4H2,1-2H3,(H,5,9)/q+1;/p-1. The molecule has 0 saturated carbocycles. The molecule has 0 saturated heterocycles. The Hall–Kier alpha value is 1.37. The molecule has 14 heteroatoms. The average molecular weight is 631 g/mol. The zero-order valence-electron chi connectivity index (χ0n) is 25.3. The highest BCUT2D eigenvalue weighted by Crippen LogP contribution is 2.75. The van der Waals surface area contributed by atoms with E-state index in [1.54, 1.807) is 13.8 Å². The largest absolute Gasteiger partial charge is 0.780 e. The van der Waals surface area contributed by atoms with Crippen LogP contribution in [0.4, 0.5) is 0 Å². The monoisotopic (exact) mass is 630 g/mol. The van der Waals surface area contributed by atoms with Crippen LogP contribution in [0.1, 0.15) is 90.0 Å². The maximum absolute atomic E-state index is 10.8. The van der Waals surface area contributed by atoms with Gasteiger partial charge in [-0.25, -0.2) is 0 Å². The first kappa shape index (κ1) is 40.5. The molecule has 0 aliphatic heterocycles. The Morgan fingerprint density at radius 3 is 1.05 bits per heavy atom. The van der Waals surface area contributed by atoms with Crippen LogP contribution in [-0.4, -0.2) is 46.2 Å². The summed E-state index contributed by atoms with van der Waals surface area (Å²) in [5.74, 6) is 0. The fourth-order valence-corrected chi connectivity index (χ4v) is 9.07. The molecule has 0 atom stereocenters. The maximum atomic E-state index is 10.8. The first-order chi connectivity index (χ1) is 16.6. The highest BCUT2D eigenvalue weighted by molar-refractivity contribution is 8.09.